The van der Waals surface area contributed by atoms with Gasteiger partial charge in [0.1, 0.15) is 5.69 Å². The van der Waals surface area contributed by atoms with Crippen LogP contribution in [0.5, 0.6) is 0 Å². The maximum absolute atomic E-state index is 12.3. The number of pyridine rings is 1. The summed E-state index contributed by atoms with van der Waals surface area (Å²) in [6.07, 6.45) is -7.62. The maximum atomic E-state index is 12.3. The van der Waals surface area contributed by atoms with E-state index >= 15 is 0 Å². The minimum Gasteiger partial charge on any atom is -0.357 e. The highest BCUT2D eigenvalue weighted by molar-refractivity contribution is 6.17. The Morgan fingerprint density at radius 1 is 1.38 bits per heavy atom. The lowest BCUT2D eigenvalue weighted by molar-refractivity contribution is -0.141. The average Bonchev–Trinajstić information content (AvgIpc) is 2.15. The van der Waals surface area contributed by atoms with Gasteiger partial charge in [0, 0.05) is 11.8 Å². The summed E-state index contributed by atoms with van der Waals surface area (Å²) in [5.41, 5.74) is -4.69. The smallest absolute Gasteiger partial charge is 0.357 e. The quantitative estimate of drug-likeness (QED) is 0.644. The molecule has 8 heteroatoms. The normalized spacial score (nSPS) is 12.2. The van der Waals surface area contributed by atoms with E-state index in [1.54, 1.807) is 4.98 Å². The number of H-pyrrole nitrogens is 1. The molecule has 0 atom stereocenters. The molecule has 0 saturated carbocycles. The van der Waals surface area contributed by atoms with Crippen molar-refractivity contribution >= 4 is 11.6 Å². The molecule has 0 saturated heterocycles. The zero-order valence-electron chi connectivity index (χ0n) is 7.54. The van der Waals surface area contributed by atoms with Crippen molar-refractivity contribution < 1.29 is 22.0 Å². The van der Waals surface area contributed by atoms with E-state index in [1.165, 1.54) is 0 Å². The van der Waals surface area contributed by atoms with Gasteiger partial charge in [-0.25, -0.2) is 8.78 Å². The minimum absolute atomic E-state index is 0.353. The van der Waals surface area contributed by atoms with E-state index in [4.69, 9.17) is 11.6 Å². The van der Waals surface area contributed by atoms with Crippen LogP contribution in [-0.4, -0.2) is 4.98 Å². The Balaban J connectivity index is 3.48. The van der Waals surface area contributed by atoms with Crippen molar-refractivity contribution in [3.63, 3.8) is 0 Å². The van der Waals surface area contributed by atoms with Gasteiger partial charge >= 0.3 is 6.18 Å². The van der Waals surface area contributed by atoms with Crippen LogP contribution < -0.4 is 5.43 Å². The Morgan fingerprint density at radius 2 is 1.94 bits per heavy atom. The number of hydrogen-bond acceptors (Lipinski definition) is 1. The molecule has 1 aromatic heterocycles. The van der Waals surface area contributed by atoms with Crippen molar-refractivity contribution in [2.45, 2.75) is 18.5 Å². The van der Waals surface area contributed by atoms with E-state index in [2.05, 4.69) is 0 Å². The zero-order chi connectivity index (χ0) is 12.5. The second-order valence-corrected chi connectivity index (χ2v) is 3.13. The van der Waals surface area contributed by atoms with Crippen molar-refractivity contribution in [2.75, 3.05) is 0 Å². The molecule has 2 nitrogen and oxygen atoms in total. The molecular formula is C8H5ClF5NO. The fourth-order valence-electron chi connectivity index (χ4n) is 1.13. The summed E-state index contributed by atoms with van der Waals surface area (Å²) in [6, 6.07) is 0. The van der Waals surface area contributed by atoms with Gasteiger partial charge in [-0.15, -0.1) is 11.6 Å². The van der Waals surface area contributed by atoms with Crippen LogP contribution in [-0.2, 0) is 12.1 Å². The first-order chi connectivity index (χ1) is 7.29. The van der Waals surface area contributed by atoms with Crippen molar-refractivity contribution in [3.05, 3.63) is 33.2 Å². The molecule has 0 aliphatic carbocycles. The van der Waals surface area contributed by atoms with Gasteiger partial charge in [-0.05, 0) is 0 Å². The number of aromatic amines is 1. The fraction of sp³-hybridized carbons (Fsp3) is 0.375. The SMILES string of the molecule is O=c1c(C(F)F)c[nH]c(C(F)(F)F)c1CCl. The monoisotopic (exact) mass is 261 g/mol. The molecule has 0 aromatic carbocycles. The topological polar surface area (TPSA) is 32.9 Å². The van der Waals surface area contributed by atoms with Crippen molar-refractivity contribution in [1.82, 2.24) is 4.98 Å². The molecule has 0 aliphatic rings. The molecule has 0 fully saturated rings. The number of nitrogens with one attached hydrogen (secondary N) is 1. The summed E-state index contributed by atoms with van der Waals surface area (Å²) in [5, 5.41) is 0. The molecule has 0 spiro atoms. The molecule has 1 N–H and O–H groups in total. The summed E-state index contributed by atoms with van der Waals surface area (Å²) in [5.74, 6) is -0.787. The van der Waals surface area contributed by atoms with Crippen LogP contribution in [0.1, 0.15) is 23.2 Å². The molecule has 1 rings (SSSR count). The summed E-state index contributed by atoms with van der Waals surface area (Å²) in [7, 11) is 0. The number of rotatable bonds is 2. The van der Waals surface area contributed by atoms with Crippen LogP contribution in [0.2, 0.25) is 0 Å². The molecule has 1 heterocycles. The molecule has 0 aliphatic heterocycles. The minimum atomic E-state index is -4.83. The van der Waals surface area contributed by atoms with E-state index in [-0.39, 0.29) is 0 Å². The third kappa shape index (κ3) is 2.34. The summed E-state index contributed by atoms with van der Waals surface area (Å²) in [4.78, 5) is 12.9. The third-order valence-electron chi connectivity index (χ3n) is 1.86. The molecule has 0 amide bonds. The Kier molecular flexibility index (Phi) is 3.57. The summed E-state index contributed by atoms with van der Waals surface area (Å²) in [6.45, 7) is 0. The number of alkyl halides is 6. The van der Waals surface area contributed by atoms with Crippen LogP contribution in [0, 0.1) is 0 Å². The number of hydrogen-bond donors (Lipinski definition) is 1. The predicted octanol–water partition coefficient (Wildman–Crippen LogP) is 3.07. The molecular weight excluding hydrogens is 257 g/mol. The molecule has 90 valence electrons. The summed E-state index contributed by atoms with van der Waals surface area (Å²) < 4.78 is 61.5. The zero-order valence-corrected chi connectivity index (χ0v) is 8.29. The average molecular weight is 262 g/mol. The second kappa shape index (κ2) is 4.40. The van der Waals surface area contributed by atoms with Crippen LogP contribution in [0.3, 0.4) is 0 Å². The standard InChI is InChI=1S/C8H5ClF5NO/c9-1-3-5(16)4(7(10)11)2-15-6(3)8(12,13)14/h2,7H,1H2,(H,15,16). The lowest BCUT2D eigenvalue weighted by Crippen LogP contribution is -2.22. The van der Waals surface area contributed by atoms with Gasteiger partial charge in [-0.2, -0.15) is 13.2 Å². The molecule has 16 heavy (non-hydrogen) atoms. The van der Waals surface area contributed by atoms with Gasteiger partial charge in [-0.3, -0.25) is 4.79 Å². The highest BCUT2D eigenvalue weighted by Crippen LogP contribution is 2.30. The van der Waals surface area contributed by atoms with E-state index < -0.39 is 40.7 Å². The largest absolute Gasteiger partial charge is 0.431 e. The van der Waals surface area contributed by atoms with Crippen molar-refractivity contribution in [2.24, 2.45) is 0 Å². The van der Waals surface area contributed by atoms with E-state index in [0.29, 0.717) is 6.20 Å². The highest BCUT2D eigenvalue weighted by atomic mass is 35.5. The highest BCUT2D eigenvalue weighted by Gasteiger charge is 2.36. The number of halogens is 6. The maximum Gasteiger partial charge on any atom is 0.431 e. The number of aromatic nitrogens is 1. The van der Waals surface area contributed by atoms with Gasteiger partial charge in [0.15, 0.2) is 5.43 Å². The van der Waals surface area contributed by atoms with Crippen LogP contribution in [0.25, 0.3) is 0 Å². The third-order valence-corrected chi connectivity index (χ3v) is 2.13. The van der Waals surface area contributed by atoms with E-state index in [9.17, 15) is 26.7 Å². The van der Waals surface area contributed by atoms with Crippen LogP contribution in [0.4, 0.5) is 22.0 Å². The van der Waals surface area contributed by atoms with Gasteiger partial charge < -0.3 is 4.98 Å². The second-order valence-electron chi connectivity index (χ2n) is 2.86. The first kappa shape index (κ1) is 13.0. The van der Waals surface area contributed by atoms with Crippen molar-refractivity contribution in [3.8, 4) is 0 Å². The predicted molar refractivity (Wildman–Crippen MR) is 46.6 cm³/mol. The van der Waals surface area contributed by atoms with Gasteiger partial charge in [0.25, 0.3) is 6.43 Å². The first-order valence-corrected chi connectivity index (χ1v) is 4.48. The summed E-state index contributed by atoms with van der Waals surface area (Å²) >= 11 is 5.16. The lowest BCUT2D eigenvalue weighted by atomic mass is 10.1. The Bertz CT molecular complexity index is 439. The van der Waals surface area contributed by atoms with E-state index in [1.807, 2.05) is 0 Å². The Hall–Kier alpha value is -1.11. The van der Waals surface area contributed by atoms with Gasteiger partial charge in [-0.1, -0.05) is 0 Å². The van der Waals surface area contributed by atoms with Gasteiger partial charge in [0.05, 0.1) is 11.4 Å². The molecule has 0 bridgehead atoms. The van der Waals surface area contributed by atoms with E-state index in [0.717, 1.165) is 0 Å². The van der Waals surface area contributed by atoms with Gasteiger partial charge in [0.2, 0.25) is 0 Å². The molecule has 0 unspecified atom stereocenters. The fourth-order valence-corrected chi connectivity index (χ4v) is 1.39. The van der Waals surface area contributed by atoms with Crippen LogP contribution in [0.15, 0.2) is 11.0 Å². The molecule has 1 aromatic rings. The van der Waals surface area contributed by atoms with Crippen molar-refractivity contribution in [1.29, 1.82) is 0 Å². The van der Waals surface area contributed by atoms with Crippen LogP contribution >= 0.6 is 11.6 Å². The Labute approximate surface area is 91.0 Å². The lowest BCUT2D eigenvalue weighted by Gasteiger charge is -2.11. The Morgan fingerprint density at radius 3 is 2.31 bits per heavy atom. The first-order valence-electron chi connectivity index (χ1n) is 3.94. The molecule has 0 radical (unpaired) electrons.